The zero-order chi connectivity index (χ0) is 23.1. The number of hydrogen-bond acceptors (Lipinski definition) is 4. The predicted molar refractivity (Wildman–Crippen MR) is 131 cm³/mol. The molecule has 0 aliphatic heterocycles. The Bertz CT molecular complexity index is 1520. The monoisotopic (exact) mass is 476 g/mol. The topological polar surface area (TPSA) is 68.3 Å². The molecular weight excluding hydrogens is 459 g/mol. The average molecular weight is 477 g/mol. The van der Waals surface area contributed by atoms with Gasteiger partial charge in [0.2, 0.25) is 5.89 Å². The van der Waals surface area contributed by atoms with E-state index in [0.29, 0.717) is 38.5 Å². The zero-order valence-electron chi connectivity index (χ0n) is 17.8. The van der Waals surface area contributed by atoms with Crippen molar-refractivity contribution in [2.24, 2.45) is 0 Å². The maximum atomic E-state index is 12.9. The zero-order valence-corrected chi connectivity index (χ0v) is 19.3. The summed E-state index contributed by atoms with van der Waals surface area (Å²) in [5, 5.41) is 3.88. The fourth-order valence-corrected chi connectivity index (χ4v) is 4.03. The Morgan fingerprint density at radius 2 is 1.76 bits per heavy atom. The van der Waals surface area contributed by atoms with E-state index in [4.69, 9.17) is 32.0 Å². The molecule has 1 amide bonds. The first-order chi connectivity index (χ1) is 15.9. The van der Waals surface area contributed by atoms with Crippen molar-refractivity contribution in [3.05, 3.63) is 93.7 Å². The van der Waals surface area contributed by atoms with Crippen LogP contribution in [-0.4, -0.2) is 10.9 Å². The molecule has 7 heteroatoms. The number of carbonyl (C=O) groups excluding carboxylic acids is 1. The number of furan rings is 1. The van der Waals surface area contributed by atoms with Crippen LogP contribution in [0.1, 0.15) is 21.7 Å². The second-order valence-corrected chi connectivity index (χ2v) is 8.61. The highest BCUT2D eigenvalue weighted by Gasteiger charge is 2.17. The standard InChI is InChI=1S/C26H18Cl2N2O3/c1-14-3-8-23-21(11-14)30-26(33-23)16-5-4-15(2)20(12-16)29-25(31)24-10-9-22(32-24)18-7-6-17(27)13-19(18)28/h3-13H,1-2H3,(H,29,31). The van der Waals surface area contributed by atoms with E-state index in [9.17, 15) is 4.79 Å². The van der Waals surface area contributed by atoms with Crippen LogP contribution in [0.4, 0.5) is 5.69 Å². The second-order valence-electron chi connectivity index (χ2n) is 7.76. The van der Waals surface area contributed by atoms with Crippen molar-refractivity contribution in [1.29, 1.82) is 0 Å². The number of aryl methyl sites for hydroxylation is 2. The number of aromatic nitrogens is 1. The predicted octanol–water partition coefficient (Wildman–Crippen LogP) is 7.93. The van der Waals surface area contributed by atoms with Crippen molar-refractivity contribution in [2.75, 3.05) is 5.32 Å². The molecule has 5 nitrogen and oxygen atoms in total. The quantitative estimate of drug-likeness (QED) is 0.285. The van der Waals surface area contributed by atoms with E-state index >= 15 is 0 Å². The first kappa shape index (κ1) is 21.3. The Morgan fingerprint density at radius 1 is 0.909 bits per heavy atom. The SMILES string of the molecule is Cc1ccc2oc(-c3ccc(C)c(NC(=O)c4ccc(-c5ccc(Cl)cc5Cl)o4)c3)nc2c1. The number of carbonyl (C=O) groups is 1. The summed E-state index contributed by atoms with van der Waals surface area (Å²) >= 11 is 12.2. The molecule has 0 aliphatic rings. The summed E-state index contributed by atoms with van der Waals surface area (Å²) in [6.45, 7) is 3.92. The van der Waals surface area contributed by atoms with Gasteiger partial charge in [-0.05, 0) is 79.6 Å². The summed E-state index contributed by atoms with van der Waals surface area (Å²) in [4.78, 5) is 17.5. The minimum Gasteiger partial charge on any atom is -0.451 e. The van der Waals surface area contributed by atoms with Crippen LogP contribution in [0, 0.1) is 13.8 Å². The van der Waals surface area contributed by atoms with Gasteiger partial charge in [-0.2, -0.15) is 0 Å². The third-order valence-electron chi connectivity index (χ3n) is 5.30. The molecule has 0 saturated carbocycles. The van der Waals surface area contributed by atoms with Crippen LogP contribution in [0.5, 0.6) is 0 Å². The fraction of sp³-hybridized carbons (Fsp3) is 0.0769. The lowest BCUT2D eigenvalue weighted by molar-refractivity contribution is 0.0997. The summed E-state index contributed by atoms with van der Waals surface area (Å²) in [6.07, 6.45) is 0. The highest BCUT2D eigenvalue weighted by atomic mass is 35.5. The molecule has 0 fully saturated rings. The molecule has 2 heterocycles. The van der Waals surface area contributed by atoms with Crippen LogP contribution in [0.3, 0.4) is 0 Å². The van der Waals surface area contributed by atoms with Gasteiger partial charge in [0.25, 0.3) is 5.91 Å². The summed E-state index contributed by atoms with van der Waals surface area (Å²) in [5.41, 5.74) is 5.56. The van der Waals surface area contributed by atoms with Crippen molar-refractivity contribution < 1.29 is 13.6 Å². The lowest BCUT2D eigenvalue weighted by atomic mass is 10.1. The van der Waals surface area contributed by atoms with Crippen molar-refractivity contribution in [2.45, 2.75) is 13.8 Å². The van der Waals surface area contributed by atoms with E-state index in [2.05, 4.69) is 10.3 Å². The molecule has 0 atom stereocenters. The number of halogens is 2. The molecule has 0 radical (unpaired) electrons. The lowest BCUT2D eigenvalue weighted by Crippen LogP contribution is -2.11. The maximum absolute atomic E-state index is 12.9. The van der Waals surface area contributed by atoms with E-state index in [-0.39, 0.29) is 11.7 Å². The molecule has 0 saturated heterocycles. The molecule has 2 aromatic heterocycles. The molecule has 5 rings (SSSR count). The van der Waals surface area contributed by atoms with Gasteiger partial charge in [0.05, 0.1) is 5.02 Å². The molecule has 1 N–H and O–H groups in total. The third-order valence-corrected chi connectivity index (χ3v) is 5.85. The van der Waals surface area contributed by atoms with Gasteiger partial charge in [0.1, 0.15) is 11.3 Å². The Kier molecular flexibility index (Phi) is 5.44. The Labute approximate surface area is 200 Å². The first-order valence-electron chi connectivity index (χ1n) is 10.2. The average Bonchev–Trinajstić information content (AvgIpc) is 3.42. The largest absolute Gasteiger partial charge is 0.451 e. The maximum Gasteiger partial charge on any atom is 0.291 e. The molecule has 0 aliphatic carbocycles. The van der Waals surface area contributed by atoms with Crippen LogP contribution in [0.25, 0.3) is 33.9 Å². The molecule has 164 valence electrons. The van der Waals surface area contributed by atoms with Crippen LogP contribution in [0.15, 0.2) is 75.6 Å². The van der Waals surface area contributed by atoms with E-state index < -0.39 is 0 Å². The van der Waals surface area contributed by atoms with Crippen LogP contribution in [-0.2, 0) is 0 Å². The van der Waals surface area contributed by atoms with Gasteiger partial charge >= 0.3 is 0 Å². The minimum atomic E-state index is -0.375. The van der Waals surface area contributed by atoms with Crippen molar-refractivity contribution in [3.63, 3.8) is 0 Å². The number of nitrogens with one attached hydrogen (secondary N) is 1. The van der Waals surface area contributed by atoms with Gasteiger partial charge in [-0.15, -0.1) is 0 Å². The van der Waals surface area contributed by atoms with Crippen molar-refractivity contribution in [3.8, 4) is 22.8 Å². The number of hydrogen-bond donors (Lipinski definition) is 1. The summed E-state index contributed by atoms with van der Waals surface area (Å²) in [5.74, 6) is 0.760. The molecule has 0 spiro atoms. The van der Waals surface area contributed by atoms with Gasteiger partial charge in [0, 0.05) is 21.8 Å². The second kappa shape index (κ2) is 8.43. The fourth-order valence-electron chi connectivity index (χ4n) is 3.53. The molecule has 3 aromatic carbocycles. The molecule has 0 bridgehead atoms. The van der Waals surface area contributed by atoms with Gasteiger partial charge in [0.15, 0.2) is 11.3 Å². The Morgan fingerprint density at radius 3 is 2.58 bits per heavy atom. The van der Waals surface area contributed by atoms with E-state index in [1.807, 2.05) is 50.2 Å². The normalized spacial score (nSPS) is 11.2. The number of rotatable bonds is 4. The number of anilines is 1. The highest BCUT2D eigenvalue weighted by Crippen LogP contribution is 2.32. The number of benzene rings is 3. The highest BCUT2D eigenvalue weighted by molar-refractivity contribution is 6.36. The number of oxazole rings is 1. The van der Waals surface area contributed by atoms with Crippen molar-refractivity contribution >= 4 is 45.9 Å². The van der Waals surface area contributed by atoms with E-state index in [0.717, 1.165) is 22.2 Å². The van der Waals surface area contributed by atoms with Crippen molar-refractivity contribution in [1.82, 2.24) is 4.98 Å². The molecular formula is C26H18Cl2N2O3. The smallest absolute Gasteiger partial charge is 0.291 e. The van der Waals surface area contributed by atoms with Gasteiger partial charge in [-0.1, -0.05) is 35.3 Å². The Balaban J connectivity index is 1.41. The minimum absolute atomic E-state index is 0.165. The summed E-state index contributed by atoms with van der Waals surface area (Å²) in [7, 11) is 0. The summed E-state index contributed by atoms with van der Waals surface area (Å²) < 4.78 is 11.7. The molecule has 5 aromatic rings. The van der Waals surface area contributed by atoms with Crippen LogP contribution >= 0.6 is 23.2 Å². The Hall–Kier alpha value is -3.54. The van der Waals surface area contributed by atoms with E-state index in [1.54, 1.807) is 30.3 Å². The summed E-state index contributed by atoms with van der Waals surface area (Å²) in [6, 6.07) is 19.9. The number of fused-ring (bicyclic) bond motifs is 1. The first-order valence-corrected chi connectivity index (χ1v) is 11.0. The van der Waals surface area contributed by atoms with Gasteiger partial charge in [-0.3, -0.25) is 4.79 Å². The lowest BCUT2D eigenvalue weighted by Gasteiger charge is -2.08. The molecule has 33 heavy (non-hydrogen) atoms. The van der Waals surface area contributed by atoms with Crippen LogP contribution < -0.4 is 5.32 Å². The van der Waals surface area contributed by atoms with Gasteiger partial charge in [-0.25, -0.2) is 4.98 Å². The number of amides is 1. The van der Waals surface area contributed by atoms with Gasteiger partial charge < -0.3 is 14.2 Å². The number of nitrogens with zero attached hydrogens (tertiary/aromatic N) is 1. The van der Waals surface area contributed by atoms with E-state index in [1.165, 1.54) is 0 Å². The van der Waals surface area contributed by atoms with Crippen LogP contribution in [0.2, 0.25) is 10.0 Å². The molecule has 0 unspecified atom stereocenters. The third kappa shape index (κ3) is 4.25.